The highest BCUT2D eigenvalue weighted by atomic mass is 35.5. The van der Waals surface area contributed by atoms with Crippen LogP contribution in [-0.2, 0) is 0 Å². The fourth-order valence-corrected chi connectivity index (χ4v) is 3.15. The zero-order valence-electron chi connectivity index (χ0n) is 11.1. The molecule has 0 aromatic carbocycles. The molecule has 6 heteroatoms. The highest BCUT2D eigenvalue weighted by Crippen LogP contribution is 2.32. The van der Waals surface area contributed by atoms with E-state index in [4.69, 9.17) is 11.6 Å². The predicted molar refractivity (Wildman–Crippen MR) is 75.7 cm³/mol. The normalized spacial score (nSPS) is 18.6. The molecule has 3 rings (SSSR count). The molecule has 2 aromatic heterocycles. The van der Waals surface area contributed by atoms with Gasteiger partial charge in [-0.3, -0.25) is 0 Å². The number of alkyl halides is 1. The molecular formula is C13H18ClN5. The largest absolute Gasteiger partial charge is 0.363 e. The van der Waals surface area contributed by atoms with E-state index in [1.165, 1.54) is 25.6 Å². The van der Waals surface area contributed by atoms with Crippen molar-refractivity contribution in [3.8, 4) is 0 Å². The molecule has 1 fully saturated rings. The van der Waals surface area contributed by atoms with E-state index >= 15 is 0 Å². The molecule has 0 amide bonds. The average Bonchev–Trinajstić information content (AvgIpc) is 2.88. The molecule has 2 aromatic rings. The second-order valence-corrected chi connectivity index (χ2v) is 5.62. The topological polar surface area (TPSA) is 55.1 Å². The number of halogens is 1. The molecule has 0 unspecified atom stereocenters. The van der Waals surface area contributed by atoms with Gasteiger partial charge < -0.3 is 5.32 Å². The molecule has 0 spiro atoms. The van der Waals surface area contributed by atoms with E-state index in [0.717, 1.165) is 24.4 Å². The number of nitrogens with one attached hydrogen (secondary N) is 1. The number of rotatable bonds is 3. The van der Waals surface area contributed by atoms with Gasteiger partial charge in [-0.2, -0.15) is 14.6 Å². The van der Waals surface area contributed by atoms with E-state index in [1.54, 1.807) is 4.52 Å². The zero-order chi connectivity index (χ0) is 13.3. The maximum Gasteiger partial charge on any atom is 0.254 e. The summed E-state index contributed by atoms with van der Waals surface area (Å²) in [5.41, 5.74) is 0.912. The van der Waals surface area contributed by atoms with Crippen molar-refractivity contribution >= 4 is 23.2 Å². The predicted octanol–water partition coefficient (Wildman–Crippen LogP) is 2.79. The molecule has 2 heterocycles. The van der Waals surface area contributed by atoms with E-state index in [0.29, 0.717) is 11.7 Å². The summed E-state index contributed by atoms with van der Waals surface area (Å²) in [4.78, 5) is 8.50. The van der Waals surface area contributed by atoms with E-state index in [9.17, 15) is 0 Å². The Kier molecular flexibility index (Phi) is 3.31. The van der Waals surface area contributed by atoms with Gasteiger partial charge in [-0.05, 0) is 19.8 Å². The first-order chi connectivity index (χ1) is 9.22. The lowest BCUT2D eigenvalue weighted by atomic mass is 9.83. The summed E-state index contributed by atoms with van der Waals surface area (Å²) < 4.78 is 1.75. The van der Waals surface area contributed by atoms with E-state index in [1.807, 2.05) is 13.0 Å². The third-order valence-electron chi connectivity index (χ3n) is 3.84. The van der Waals surface area contributed by atoms with Gasteiger partial charge in [0.05, 0.1) is 5.54 Å². The number of anilines is 1. The Hall–Kier alpha value is -1.36. The molecule has 1 aliphatic rings. The number of hydrogen-bond donors (Lipinski definition) is 1. The van der Waals surface area contributed by atoms with Gasteiger partial charge in [0.2, 0.25) is 0 Å². The first kappa shape index (κ1) is 12.7. The molecule has 1 N–H and O–H groups in total. The van der Waals surface area contributed by atoms with Gasteiger partial charge in [0.1, 0.15) is 12.1 Å². The van der Waals surface area contributed by atoms with Crippen LogP contribution >= 0.6 is 11.6 Å². The van der Waals surface area contributed by atoms with Crippen LogP contribution in [0, 0.1) is 6.92 Å². The van der Waals surface area contributed by atoms with Gasteiger partial charge in [0.15, 0.2) is 0 Å². The Morgan fingerprint density at radius 2 is 2.16 bits per heavy atom. The van der Waals surface area contributed by atoms with Crippen LogP contribution in [0.5, 0.6) is 0 Å². The van der Waals surface area contributed by atoms with E-state index < -0.39 is 0 Å². The highest BCUT2D eigenvalue weighted by molar-refractivity contribution is 6.18. The SMILES string of the molecule is Cc1cc(NC2(CCl)CCCCC2)n2ncnc2n1. The summed E-state index contributed by atoms with van der Waals surface area (Å²) >= 11 is 6.23. The number of fused-ring (bicyclic) bond motifs is 1. The van der Waals surface area contributed by atoms with Crippen molar-refractivity contribution in [1.82, 2.24) is 19.6 Å². The summed E-state index contributed by atoms with van der Waals surface area (Å²) in [6, 6.07) is 2.00. The maximum atomic E-state index is 6.23. The second-order valence-electron chi connectivity index (χ2n) is 5.35. The van der Waals surface area contributed by atoms with Crippen molar-refractivity contribution in [3.63, 3.8) is 0 Å². The second kappa shape index (κ2) is 4.96. The quantitative estimate of drug-likeness (QED) is 0.878. The van der Waals surface area contributed by atoms with Crippen LogP contribution in [-0.4, -0.2) is 31.0 Å². The Balaban J connectivity index is 1.97. The van der Waals surface area contributed by atoms with Gasteiger partial charge in [-0.25, -0.2) is 4.98 Å². The Labute approximate surface area is 117 Å². The minimum atomic E-state index is -0.0214. The van der Waals surface area contributed by atoms with Crippen LogP contribution in [0.15, 0.2) is 12.4 Å². The monoisotopic (exact) mass is 279 g/mol. The van der Waals surface area contributed by atoms with Gasteiger partial charge in [-0.15, -0.1) is 11.6 Å². The summed E-state index contributed by atoms with van der Waals surface area (Å²) in [7, 11) is 0. The minimum Gasteiger partial charge on any atom is -0.363 e. The lowest BCUT2D eigenvalue weighted by Gasteiger charge is -2.37. The van der Waals surface area contributed by atoms with E-state index in [-0.39, 0.29) is 5.54 Å². The van der Waals surface area contributed by atoms with Gasteiger partial charge in [-0.1, -0.05) is 19.3 Å². The summed E-state index contributed by atoms with van der Waals surface area (Å²) in [6.45, 7) is 1.97. The molecule has 1 saturated carbocycles. The number of aryl methyl sites for hydroxylation is 1. The van der Waals surface area contributed by atoms with Crippen molar-refractivity contribution in [3.05, 3.63) is 18.1 Å². The zero-order valence-corrected chi connectivity index (χ0v) is 11.8. The van der Waals surface area contributed by atoms with Crippen LogP contribution in [0.3, 0.4) is 0 Å². The van der Waals surface area contributed by atoms with E-state index in [2.05, 4.69) is 20.4 Å². The number of nitrogens with zero attached hydrogens (tertiary/aromatic N) is 4. The summed E-state index contributed by atoms with van der Waals surface area (Å²) in [6.07, 6.45) is 7.49. The number of hydrogen-bond acceptors (Lipinski definition) is 4. The fraction of sp³-hybridized carbons (Fsp3) is 0.615. The van der Waals surface area contributed by atoms with Crippen LogP contribution in [0.4, 0.5) is 5.82 Å². The Morgan fingerprint density at radius 1 is 1.37 bits per heavy atom. The first-order valence-electron chi connectivity index (χ1n) is 6.74. The standard InChI is InChI=1S/C13H18ClN5/c1-10-7-11(19-12(17-10)15-9-16-19)18-13(8-14)5-3-2-4-6-13/h7,9,18H,2-6,8H2,1H3. The van der Waals surface area contributed by atoms with Crippen LogP contribution in [0.2, 0.25) is 0 Å². The molecule has 0 saturated heterocycles. The lowest BCUT2D eigenvalue weighted by molar-refractivity contribution is 0.352. The smallest absolute Gasteiger partial charge is 0.254 e. The van der Waals surface area contributed by atoms with Crippen molar-refractivity contribution in [2.45, 2.75) is 44.6 Å². The van der Waals surface area contributed by atoms with Crippen molar-refractivity contribution < 1.29 is 0 Å². The number of aromatic nitrogens is 4. The van der Waals surface area contributed by atoms with Gasteiger partial charge in [0.25, 0.3) is 5.78 Å². The van der Waals surface area contributed by atoms with Crippen LogP contribution in [0.25, 0.3) is 5.78 Å². The van der Waals surface area contributed by atoms with Crippen LogP contribution < -0.4 is 5.32 Å². The van der Waals surface area contributed by atoms with Gasteiger partial charge >= 0.3 is 0 Å². The molecule has 0 aliphatic heterocycles. The Bertz CT molecular complexity index is 573. The molecule has 1 aliphatic carbocycles. The summed E-state index contributed by atoms with van der Waals surface area (Å²) in [5.74, 6) is 2.18. The average molecular weight is 280 g/mol. The maximum absolute atomic E-state index is 6.23. The molecule has 0 radical (unpaired) electrons. The molecule has 0 bridgehead atoms. The third-order valence-corrected chi connectivity index (χ3v) is 4.35. The molecule has 5 nitrogen and oxygen atoms in total. The first-order valence-corrected chi connectivity index (χ1v) is 7.27. The highest BCUT2D eigenvalue weighted by Gasteiger charge is 2.31. The molecule has 102 valence electrons. The van der Waals surface area contributed by atoms with Crippen molar-refractivity contribution in [1.29, 1.82) is 0 Å². The molecule has 19 heavy (non-hydrogen) atoms. The molecular weight excluding hydrogens is 262 g/mol. The molecule has 0 atom stereocenters. The fourth-order valence-electron chi connectivity index (χ4n) is 2.81. The summed E-state index contributed by atoms with van der Waals surface area (Å²) in [5, 5.41) is 7.83. The minimum absolute atomic E-state index is 0.0214. The van der Waals surface area contributed by atoms with Crippen LogP contribution in [0.1, 0.15) is 37.8 Å². The third kappa shape index (κ3) is 2.39. The van der Waals surface area contributed by atoms with Crippen molar-refractivity contribution in [2.24, 2.45) is 0 Å². The lowest BCUT2D eigenvalue weighted by Crippen LogP contribution is -2.42. The van der Waals surface area contributed by atoms with Crippen molar-refractivity contribution in [2.75, 3.05) is 11.2 Å². The van der Waals surface area contributed by atoms with Gasteiger partial charge in [0, 0.05) is 17.6 Å². The Morgan fingerprint density at radius 3 is 2.89 bits per heavy atom.